The minimum absolute atomic E-state index is 0.0415. The van der Waals surface area contributed by atoms with Crippen LogP contribution in [0.5, 0.6) is 5.75 Å². The fraction of sp³-hybridized carbons (Fsp3) is 0.286. The van der Waals surface area contributed by atoms with Gasteiger partial charge < -0.3 is 14.3 Å². The molecule has 0 spiro atoms. The molecule has 0 unspecified atom stereocenters. The largest absolute Gasteiger partial charge is 0.495 e. The van der Waals surface area contributed by atoms with Crippen LogP contribution in [-0.2, 0) is 10.0 Å². The molecule has 2 rings (SSSR count). The van der Waals surface area contributed by atoms with Crippen molar-refractivity contribution in [1.82, 2.24) is 4.72 Å². The number of hydrogen-bond acceptors (Lipinski definition) is 5. The molecule has 22 heavy (non-hydrogen) atoms. The Balaban J connectivity index is 2.04. The van der Waals surface area contributed by atoms with Crippen LogP contribution in [0.25, 0.3) is 0 Å². The maximum atomic E-state index is 12.3. The van der Waals surface area contributed by atoms with Crippen LogP contribution in [0.3, 0.4) is 0 Å². The normalized spacial score (nSPS) is 13.0. The lowest BCUT2D eigenvalue weighted by molar-refractivity contribution is 0.141. The van der Waals surface area contributed by atoms with Gasteiger partial charge >= 0.3 is 0 Å². The number of hydrogen-bond donors (Lipinski definition) is 2. The Kier molecular flexibility index (Phi) is 5.47. The zero-order valence-electron chi connectivity index (χ0n) is 11.8. The number of ether oxygens (including phenoxy) is 1. The summed E-state index contributed by atoms with van der Waals surface area (Å²) < 4.78 is 37.0. The van der Waals surface area contributed by atoms with Crippen LogP contribution in [-0.4, -0.2) is 27.2 Å². The smallest absolute Gasteiger partial charge is 0.244 e. The summed E-state index contributed by atoms with van der Waals surface area (Å²) in [7, 11) is -2.41. The van der Waals surface area contributed by atoms with E-state index in [1.807, 2.05) is 0 Å². The van der Waals surface area contributed by atoms with Gasteiger partial charge in [0.15, 0.2) is 0 Å². The van der Waals surface area contributed by atoms with Crippen LogP contribution < -0.4 is 9.46 Å². The summed E-state index contributed by atoms with van der Waals surface area (Å²) in [6, 6.07) is 7.61. The quantitative estimate of drug-likeness (QED) is 0.804. The molecule has 2 aromatic rings. The number of rotatable bonds is 7. The Hall–Kier alpha value is -1.54. The van der Waals surface area contributed by atoms with Gasteiger partial charge in [0.1, 0.15) is 22.5 Å². The minimum atomic E-state index is -3.79. The highest BCUT2D eigenvalue weighted by molar-refractivity contribution is 7.89. The average Bonchev–Trinajstić information content (AvgIpc) is 3.01. The summed E-state index contributed by atoms with van der Waals surface area (Å²) in [6.07, 6.45) is 0.744. The van der Waals surface area contributed by atoms with Crippen molar-refractivity contribution in [3.63, 3.8) is 0 Å². The molecular weight excluding hydrogens is 330 g/mol. The number of methoxy groups -OCH3 is 1. The van der Waals surface area contributed by atoms with Gasteiger partial charge in [-0.05, 0) is 36.8 Å². The van der Waals surface area contributed by atoms with Crippen molar-refractivity contribution in [2.24, 2.45) is 0 Å². The van der Waals surface area contributed by atoms with Crippen LogP contribution in [0, 0.1) is 0 Å². The molecular formula is C14H16ClNO5S. The molecule has 0 saturated heterocycles. The van der Waals surface area contributed by atoms with E-state index < -0.39 is 16.1 Å². The fourth-order valence-corrected chi connectivity index (χ4v) is 3.37. The van der Waals surface area contributed by atoms with Gasteiger partial charge in [0.2, 0.25) is 10.0 Å². The van der Waals surface area contributed by atoms with Gasteiger partial charge in [-0.15, -0.1) is 0 Å². The highest BCUT2D eigenvalue weighted by Crippen LogP contribution is 2.27. The second-order valence-electron chi connectivity index (χ2n) is 4.51. The van der Waals surface area contributed by atoms with Crippen LogP contribution in [0.4, 0.5) is 0 Å². The van der Waals surface area contributed by atoms with E-state index in [1.54, 1.807) is 18.2 Å². The fourth-order valence-electron chi connectivity index (χ4n) is 1.89. The topological polar surface area (TPSA) is 88.8 Å². The SMILES string of the molecule is COc1ccc(Cl)cc1S(=O)(=O)NCC[C@H](O)c1ccco1. The summed E-state index contributed by atoms with van der Waals surface area (Å²) in [5.41, 5.74) is 0. The van der Waals surface area contributed by atoms with Gasteiger partial charge in [0.05, 0.1) is 13.4 Å². The van der Waals surface area contributed by atoms with Crippen LogP contribution in [0.2, 0.25) is 5.02 Å². The first kappa shape index (κ1) is 16.8. The third-order valence-electron chi connectivity index (χ3n) is 3.00. The predicted octanol–water partition coefficient (Wildman–Crippen LogP) is 2.34. The molecule has 0 saturated carbocycles. The zero-order valence-corrected chi connectivity index (χ0v) is 13.4. The first-order chi connectivity index (χ1) is 10.4. The summed E-state index contributed by atoms with van der Waals surface area (Å²) in [5.74, 6) is 0.586. The molecule has 0 radical (unpaired) electrons. The van der Waals surface area contributed by atoms with Crippen molar-refractivity contribution in [1.29, 1.82) is 0 Å². The number of aliphatic hydroxyl groups is 1. The number of nitrogens with one attached hydrogen (secondary N) is 1. The molecule has 120 valence electrons. The van der Waals surface area contributed by atoms with E-state index in [1.165, 1.54) is 25.5 Å². The van der Waals surface area contributed by atoms with Crippen LogP contribution >= 0.6 is 11.6 Å². The highest BCUT2D eigenvalue weighted by atomic mass is 35.5. The first-order valence-corrected chi connectivity index (χ1v) is 8.35. The Morgan fingerprint density at radius 3 is 2.82 bits per heavy atom. The van der Waals surface area contributed by atoms with Crippen LogP contribution in [0.1, 0.15) is 18.3 Å². The van der Waals surface area contributed by atoms with E-state index in [-0.39, 0.29) is 28.6 Å². The lowest BCUT2D eigenvalue weighted by Gasteiger charge is -2.12. The molecule has 0 amide bonds. The number of benzene rings is 1. The lowest BCUT2D eigenvalue weighted by atomic mass is 10.2. The predicted molar refractivity (Wildman–Crippen MR) is 81.5 cm³/mol. The maximum Gasteiger partial charge on any atom is 0.244 e. The molecule has 1 aromatic carbocycles. The standard InChI is InChI=1S/C14H16ClNO5S/c1-20-13-5-4-10(15)9-14(13)22(18,19)16-7-6-11(17)12-3-2-8-21-12/h2-5,8-9,11,16-17H,6-7H2,1H3/t11-/m0/s1. The van der Waals surface area contributed by atoms with E-state index in [9.17, 15) is 13.5 Å². The second kappa shape index (κ2) is 7.15. The van der Waals surface area contributed by atoms with Gasteiger partial charge in [-0.3, -0.25) is 0 Å². The van der Waals surface area contributed by atoms with Crippen molar-refractivity contribution >= 4 is 21.6 Å². The monoisotopic (exact) mass is 345 g/mol. The molecule has 8 heteroatoms. The third-order valence-corrected chi connectivity index (χ3v) is 4.71. The van der Waals surface area contributed by atoms with Crippen LogP contribution in [0.15, 0.2) is 45.9 Å². The zero-order chi connectivity index (χ0) is 16.2. The molecule has 0 aliphatic heterocycles. The summed E-state index contributed by atoms with van der Waals surface area (Å²) in [6.45, 7) is 0.0415. The van der Waals surface area contributed by atoms with E-state index in [0.29, 0.717) is 5.76 Å². The molecule has 1 atom stereocenters. The van der Waals surface area contributed by atoms with Gasteiger partial charge in [-0.2, -0.15) is 0 Å². The summed E-state index contributed by atoms with van der Waals surface area (Å²) >= 11 is 5.83. The van der Waals surface area contributed by atoms with E-state index >= 15 is 0 Å². The first-order valence-electron chi connectivity index (χ1n) is 6.48. The Morgan fingerprint density at radius 2 is 2.18 bits per heavy atom. The lowest BCUT2D eigenvalue weighted by Crippen LogP contribution is -2.26. The number of sulfonamides is 1. The van der Waals surface area contributed by atoms with E-state index in [2.05, 4.69) is 4.72 Å². The van der Waals surface area contributed by atoms with Crippen molar-refractivity contribution in [3.05, 3.63) is 47.4 Å². The van der Waals surface area contributed by atoms with E-state index in [4.69, 9.17) is 20.8 Å². The van der Waals surface area contributed by atoms with Crippen molar-refractivity contribution in [3.8, 4) is 5.75 Å². The Labute approximate surface area is 133 Å². The van der Waals surface area contributed by atoms with Gasteiger partial charge in [-0.25, -0.2) is 13.1 Å². The maximum absolute atomic E-state index is 12.3. The van der Waals surface area contributed by atoms with Crippen molar-refractivity contribution in [2.75, 3.05) is 13.7 Å². The summed E-state index contributed by atoms with van der Waals surface area (Å²) in [4.78, 5) is -0.0463. The second-order valence-corrected chi connectivity index (χ2v) is 6.68. The molecule has 0 aliphatic rings. The minimum Gasteiger partial charge on any atom is -0.495 e. The van der Waals surface area contributed by atoms with Gasteiger partial charge in [0, 0.05) is 11.6 Å². The number of halogens is 1. The van der Waals surface area contributed by atoms with Gasteiger partial charge in [-0.1, -0.05) is 11.6 Å². The Morgan fingerprint density at radius 1 is 1.41 bits per heavy atom. The van der Waals surface area contributed by atoms with Gasteiger partial charge in [0.25, 0.3) is 0 Å². The Bertz CT molecular complexity index is 715. The summed E-state index contributed by atoms with van der Waals surface area (Å²) in [5, 5.41) is 10.1. The molecule has 6 nitrogen and oxygen atoms in total. The van der Waals surface area contributed by atoms with Crippen molar-refractivity contribution in [2.45, 2.75) is 17.4 Å². The average molecular weight is 346 g/mol. The third kappa shape index (κ3) is 4.01. The van der Waals surface area contributed by atoms with Crippen molar-refractivity contribution < 1.29 is 22.7 Å². The molecule has 1 aromatic heterocycles. The molecule has 0 fully saturated rings. The van der Waals surface area contributed by atoms with E-state index in [0.717, 1.165) is 0 Å². The number of furan rings is 1. The molecule has 1 heterocycles. The highest BCUT2D eigenvalue weighted by Gasteiger charge is 2.20. The molecule has 0 aliphatic carbocycles. The number of aliphatic hydroxyl groups excluding tert-OH is 1. The molecule has 0 bridgehead atoms. The molecule has 2 N–H and O–H groups in total.